The van der Waals surface area contributed by atoms with Crippen LogP contribution in [0.5, 0.6) is 0 Å². The number of anilines is 1. The van der Waals surface area contributed by atoms with E-state index in [0.29, 0.717) is 12.0 Å². The van der Waals surface area contributed by atoms with E-state index in [-0.39, 0.29) is 0 Å². The number of benzene rings is 1. The van der Waals surface area contributed by atoms with Gasteiger partial charge >= 0.3 is 0 Å². The number of aryl methyl sites for hydroxylation is 1. The summed E-state index contributed by atoms with van der Waals surface area (Å²) in [6.45, 7) is 2.22. The molecule has 0 unspecified atom stereocenters. The van der Waals surface area contributed by atoms with E-state index >= 15 is 0 Å². The second-order valence-electron chi connectivity index (χ2n) is 5.76. The summed E-state index contributed by atoms with van der Waals surface area (Å²) in [7, 11) is 0. The highest BCUT2D eigenvalue weighted by Crippen LogP contribution is 2.36. The molecular weight excluding hydrogens is 234 g/mol. The van der Waals surface area contributed by atoms with Crippen LogP contribution in [0, 0.1) is 5.92 Å². The van der Waals surface area contributed by atoms with Gasteiger partial charge in [0.25, 0.3) is 0 Å². The van der Waals surface area contributed by atoms with Crippen LogP contribution >= 0.6 is 0 Å². The highest BCUT2D eigenvalue weighted by Gasteiger charge is 2.35. The molecule has 0 bridgehead atoms. The van der Waals surface area contributed by atoms with Crippen LogP contribution in [0.2, 0.25) is 0 Å². The van der Waals surface area contributed by atoms with Crippen molar-refractivity contribution >= 4 is 11.6 Å². The minimum Gasteiger partial charge on any atom is -0.370 e. The Kier molecular flexibility index (Phi) is 3.45. The molecule has 3 nitrogen and oxygen atoms in total. The molecule has 1 fully saturated rings. The molecule has 1 aromatic carbocycles. The van der Waals surface area contributed by atoms with Crippen LogP contribution in [0.3, 0.4) is 0 Å². The lowest BCUT2D eigenvalue weighted by atomic mass is 9.90. The SMILES string of the molecule is CC[C@@H]1C[C@H]1N=C(N)Nc1cccc2c1CCCC2. The van der Waals surface area contributed by atoms with E-state index in [2.05, 4.69) is 35.4 Å². The Balaban J connectivity index is 1.73. The molecule has 0 spiro atoms. The maximum atomic E-state index is 6.04. The third kappa shape index (κ3) is 2.75. The van der Waals surface area contributed by atoms with Crippen molar-refractivity contribution in [2.45, 2.75) is 51.5 Å². The zero-order valence-electron chi connectivity index (χ0n) is 11.7. The zero-order valence-corrected chi connectivity index (χ0v) is 11.7. The second kappa shape index (κ2) is 5.24. The summed E-state index contributed by atoms with van der Waals surface area (Å²) in [5.41, 5.74) is 10.1. The molecule has 2 aliphatic rings. The third-order valence-electron chi connectivity index (χ3n) is 4.37. The number of nitrogens with one attached hydrogen (secondary N) is 1. The summed E-state index contributed by atoms with van der Waals surface area (Å²) >= 11 is 0. The van der Waals surface area contributed by atoms with Crippen molar-refractivity contribution in [1.29, 1.82) is 0 Å². The van der Waals surface area contributed by atoms with Gasteiger partial charge in [0.2, 0.25) is 0 Å². The molecule has 19 heavy (non-hydrogen) atoms. The van der Waals surface area contributed by atoms with Crippen LogP contribution in [-0.4, -0.2) is 12.0 Å². The maximum absolute atomic E-state index is 6.04. The summed E-state index contributed by atoms with van der Waals surface area (Å²) < 4.78 is 0. The predicted octanol–water partition coefficient (Wildman–Crippen LogP) is 3.09. The smallest absolute Gasteiger partial charge is 0.193 e. The van der Waals surface area contributed by atoms with Gasteiger partial charge in [0.1, 0.15) is 0 Å². The van der Waals surface area contributed by atoms with Crippen molar-refractivity contribution < 1.29 is 0 Å². The van der Waals surface area contributed by atoms with E-state index in [1.807, 2.05) is 0 Å². The number of hydrogen-bond acceptors (Lipinski definition) is 1. The molecule has 0 radical (unpaired) electrons. The molecule has 0 saturated heterocycles. The maximum Gasteiger partial charge on any atom is 0.193 e. The normalized spacial score (nSPS) is 25.8. The molecule has 3 rings (SSSR count). The van der Waals surface area contributed by atoms with Crippen molar-refractivity contribution in [3.63, 3.8) is 0 Å². The third-order valence-corrected chi connectivity index (χ3v) is 4.37. The van der Waals surface area contributed by atoms with Crippen molar-refractivity contribution in [3.8, 4) is 0 Å². The van der Waals surface area contributed by atoms with Gasteiger partial charge in [-0.3, -0.25) is 0 Å². The van der Waals surface area contributed by atoms with Gasteiger partial charge in [-0.2, -0.15) is 0 Å². The van der Waals surface area contributed by atoms with Gasteiger partial charge in [0, 0.05) is 5.69 Å². The monoisotopic (exact) mass is 257 g/mol. The first kappa shape index (κ1) is 12.5. The molecule has 1 aromatic rings. The molecule has 0 aromatic heterocycles. The Labute approximate surface area is 115 Å². The predicted molar refractivity (Wildman–Crippen MR) is 80.5 cm³/mol. The van der Waals surface area contributed by atoms with Gasteiger partial charge in [-0.15, -0.1) is 0 Å². The molecule has 0 amide bonds. The average molecular weight is 257 g/mol. The molecule has 3 heteroatoms. The highest BCUT2D eigenvalue weighted by molar-refractivity contribution is 5.93. The molecule has 1 saturated carbocycles. The Bertz CT molecular complexity index is 493. The Morgan fingerprint density at radius 3 is 3.00 bits per heavy atom. The first-order chi connectivity index (χ1) is 9.28. The van der Waals surface area contributed by atoms with Crippen LogP contribution in [-0.2, 0) is 12.8 Å². The van der Waals surface area contributed by atoms with Crippen LogP contribution < -0.4 is 11.1 Å². The quantitative estimate of drug-likeness (QED) is 0.646. The number of nitrogens with two attached hydrogens (primary N) is 1. The summed E-state index contributed by atoms with van der Waals surface area (Å²) in [6.07, 6.45) is 7.35. The first-order valence-electron chi connectivity index (χ1n) is 7.49. The van der Waals surface area contributed by atoms with Crippen molar-refractivity contribution in [2.75, 3.05) is 5.32 Å². The van der Waals surface area contributed by atoms with E-state index < -0.39 is 0 Å². The van der Waals surface area contributed by atoms with Crippen molar-refractivity contribution in [1.82, 2.24) is 0 Å². The van der Waals surface area contributed by atoms with E-state index in [0.717, 1.165) is 18.0 Å². The number of rotatable bonds is 3. The minimum atomic E-state index is 0.456. The number of guanidine groups is 1. The minimum absolute atomic E-state index is 0.456. The van der Waals surface area contributed by atoms with Gasteiger partial charge in [0.15, 0.2) is 5.96 Å². The molecule has 3 N–H and O–H groups in total. The standard InChI is InChI=1S/C16H23N3/c1-2-11-10-15(11)19-16(17)18-14-9-5-7-12-6-3-4-8-13(12)14/h5,7,9,11,15H,2-4,6,8,10H2,1H3,(H3,17,18,19)/t11-,15-/m1/s1. The summed E-state index contributed by atoms with van der Waals surface area (Å²) in [5, 5.41) is 3.31. The lowest BCUT2D eigenvalue weighted by Gasteiger charge is -2.19. The van der Waals surface area contributed by atoms with Gasteiger partial charge < -0.3 is 11.1 Å². The van der Waals surface area contributed by atoms with E-state index in [1.165, 1.54) is 43.2 Å². The second-order valence-corrected chi connectivity index (χ2v) is 5.76. The number of aliphatic imine (C=N–C) groups is 1. The van der Waals surface area contributed by atoms with Gasteiger partial charge in [-0.05, 0) is 55.2 Å². The average Bonchev–Trinajstić information content (AvgIpc) is 3.17. The molecule has 0 heterocycles. The number of fused-ring (bicyclic) bond motifs is 1. The fraction of sp³-hybridized carbons (Fsp3) is 0.562. The highest BCUT2D eigenvalue weighted by atomic mass is 15.1. The summed E-state index contributed by atoms with van der Waals surface area (Å²) in [4.78, 5) is 4.57. The molecule has 102 valence electrons. The Morgan fingerprint density at radius 2 is 2.21 bits per heavy atom. The summed E-state index contributed by atoms with van der Waals surface area (Å²) in [6, 6.07) is 6.93. The van der Waals surface area contributed by atoms with E-state index in [4.69, 9.17) is 5.73 Å². The molecular formula is C16H23N3. The zero-order chi connectivity index (χ0) is 13.2. The Morgan fingerprint density at radius 1 is 1.37 bits per heavy atom. The lowest BCUT2D eigenvalue weighted by Crippen LogP contribution is -2.24. The number of nitrogens with zero attached hydrogens (tertiary/aromatic N) is 1. The van der Waals surface area contributed by atoms with Crippen LogP contribution in [0.15, 0.2) is 23.2 Å². The van der Waals surface area contributed by atoms with Crippen LogP contribution in [0.4, 0.5) is 5.69 Å². The van der Waals surface area contributed by atoms with Crippen LogP contribution in [0.25, 0.3) is 0 Å². The molecule has 0 aliphatic heterocycles. The lowest BCUT2D eigenvalue weighted by molar-refractivity contribution is 0.687. The first-order valence-corrected chi connectivity index (χ1v) is 7.49. The van der Waals surface area contributed by atoms with Gasteiger partial charge in [-0.25, -0.2) is 4.99 Å². The fourth-order valence-electron chi connectivity index (χ4n) is 3.08. The molecule has 2 atom stereocenters. The largest absolute Gasteiger partial charge is 0.370 e. The van der Waals surface area contributed by atoms with Crippen LogP contribution in [0.1, 0.15) is 43.7 Å². The van der Waals surface area contributed by atoms with E-state index in [9.17, 15) is 0 Å². The van der Waals surface area contributed by atoms with Crippen molar-refractivity contribution in [2.24, 2.45) is 16.6 Å². The van der Waals surface area contributed by atoms with Crippen molar-refractivity contribution in [3.05, 3.63) is 29.3 Å². The summed E-state index contributed by atoms with van der Waals surface area (Å²) in [5.74, 6) is 1.34. The fourth-order valence-corrected chi connectivity index (χ4v) is 3.08. The number of hydrogen-bond donors (Lipinski definition) is 2. The van der Waals surface area contributed by atoms with Gasteiger partial charge in [0.05, 0.1) is 6.04 Å². The molecule has 2 aliphatic carbocycles. The van der Waals surface area contributed by atoms with E-state index in [1.54, 1.807) is 0 Å². The van der Waals surface area contributed by atoms with Gasteiger partial charge in [-0.1, -0.05) is 25.5 Å². The topological polar surface area (TPSA) is 50.4 Å². The Hall–Kier alpha value is -1.51.